The Labute approximate surface area is 165 Å². The molecule has 1 heterocycles. The molecule has 2 N–H and O–H groups in total. The van der Waals surface area contributed by atoms with E-state index < -0.39 is 12.8 Å². The first-order valence-corrected chi connectivity index (χ1v) is 9.95. The molecule has 1 unspecified atom stereocenters. The summed E-state index contributed by atoms with van der Waals surface area (Å²) in [5.41, 5.74) is 1.25. The van der Waals surface area contributed by atoms with E-state index in [1.807, 2.05) is 25.1 Å². The summed E-state index contributed by atoms with van der Waals surface area (Å²) in [5.74, 6) is 0.679. The topological polar surface area (TPSA) is 48.9 Å². The van der Waals surface area contributed by atoms with Gasteiger partial charge in [0.1, 0.15) is 6.61 Å². The molecule has 2 rings (SSSR count). The summed E-state index contributed by atoms with van der Waals surface area (Å²) in [5, 5.41) is 6.37. The van der Waals surface area contributed by atoms with Gasteiger partial charge >= 0.3 is 6.18 Å². The fourth-order valence-corrected chi connectivity index (χ4v) is 3.25. The van der Waals surface area contributed by atoms with E-state index >= 15 is 0 Å². The SMILES string of the molecule is CCNC(=NCC(c1ccccc1)N1CCCC1)NCCCOCC(F)(F)F. The standard InChI is InChI=1S/C20H31F3N4O/c1-2-24-19(25-11-8-14-28-16-20(21,22)23)26-15-18(27-12-6-7-13-27)17-9-4-3-5-10-17/h3-5,9-10,18H,2,6-8,11-16H2,1H3,(H2,24,25,26). The molecule has 0 aliphatic carbocycles. The number of nitrogens with one attached hydrogen (secondary N) is 2. The molecular formula is C20H31F3N4O. The largest absolute Gasteiger partial charge is 0.411 e. The van der Waals surface area contributed by atoms with Gasteiger partial charge in [0.2, 0.25) is 0 Å². The van der Waals surface area contributed by atoms with Crippen LogP contribution < -0.4 is 10.6 Å². The third-order valence-corrected chi connectivity index (χ3v) is 4.56. The average Bonchev–Trinajstić information content (AvgIpc) is 3.19. The van der Waals surface area contributed by atoms with Crippen LogP contribution in [0.1, 0.15) is 37.8 Å². The lowest BCUT2D eigenvalue weighted by Gasteiger charge is -2.27. The van der Waals surface area contributed by atoms with Crippen molar-refractivity contribution in [3.8, 4) is 0 Å². The third-order valence-electron chi connectivity index (χ3n) is 4.56. The van der Waals surface area contributed by atoms with Crippen LogP contribution in [-0.2, 0) is 4.74 Å². The maximum Gasteiger partial charge on any atom is 0.411 e. The summed E-state index contributed by atoms with van der Waals surface area (Å²) in [6, 6.07) is 10.6. The second kappa shape index (κ2) is 11.9. The van der Waals surface area contributed by atoms with Crippen LogP contribution in [0.5, 0.6) is 0 Å². The Morgan fingerprint density at radius 1 is 1.18 bits per heavy atom. The number of alkyl halides is 3. The number of hydrogen-bond acceptors (Lipinski definition) is 3. The molecule has 0 spiro atoms. The van der Waals surface area contributed by atoms with E-state index in [-0.39, 0.29) is 12.6 Å². The highest BCUT2D eigenvalue weighted by Gasteiger charge is 2.27. The molecule has 1 atom stereocenters. The number of rotatable bonds is 10. The predicted octanol–water partition coefficient (Wildman–Crippen LogP) is 3.35. The van der Waals surface area contributed by atoms with Crippen LogP contribution in [0, 0.1) is 0 Å². The number of halogens is 3. The van der Waals surface area contributed by atoms with Gasteiger partial charge in [-0.25, -0.2) is 0 Å². The number of hydrogen-bond donors (Lipinski definition) is 2. The minimum absolute atomic E-state index is 0.0618. The molecule has 1 fully saturated rings. The van der Waals surface area contributed by atoms with Crippen LogP contribution >= 0.6 is 0 Å². The second-order valence-electron chi connectivity index (χ2n) is 6.84. The second-order valence-corrected chi connectivity index (χ2v) is 6.84. The van der Waals surface area contributed by atoms with E-state index in [2.05, 4.69) is 32.4 Å². The molecule has 0 saturated carbocycles. The highest BCUT2D eigenvalue weighted by atomic mass is 19.4. The Hall–Kier alpha value is -1.80. The Morgan fingerprint density at radius 3 is 2.54 bits per heavy atom. The number of ether oxygens (including phenoxy) is 1. The number of benzene rings is 1. The van der Waals surface area contributed by atoms with Crippen LogP contribution in [0.4, 0.5) is 13.2 Å². The zero-order valence-electron chi connectivity index (χ0n) is 16.5. The molecule has 5 nitrogen and oxygen atoms in total. The number of aliphatic imine (C=N–C) groups is 1. The van der Waals surface area contributed by atoms with Gasteiger partial charge in [-0.05, 0) is 44.8 Å². The van der Waals surface area contributed by atoms with Gasteiger partial charge in [-0.15, -0.1) is 0 Å². The van der Waals surface area contributed by atoms with E-state index in [4.69, 9.17) is 4.99 Å². The lowest BCUT2D eigenvalue weighted by molar-refractivity contribution is -0.173. The van der Waals surface area contributed by atoms with Crippen LogP contribution in [-0.4, -0.2) is 63.0 Å². The first kappa shape index (κ1) is 22.5. The van der Waals surface area contributed by atoms with Gasteiger partial charge in [0.05, 0.1) is 12.6 Å². The lowest BCUT2D eigenvalue weighted by atomic mass is 10.1. The molecule has 28 heavy (non-hydrogen) atoms. The Balaban J connectivity index is 1.86. The van der Waals surface area contributed by atoms with Gasteiger partial charge in [-0.3, -0.25) is 9.89 Å². The maximum absolute atomic E-state index is 12.1. The van der Waals surface area contributed by atoms with E-state index in [1.54, 1.807) is 0 Å². The molecular weight excluding hydrogens is 369 g/mol. The summed E-state index contributed by atoms with van der Waals surface area (Å²) in [7, 11) is 0. The minimum Gasteiger partial charge on any atom is -0.372 e. The van der Waals surface area contributed by atoms with Crippen LogP contribution in [0.2, 0.25) is 0 Å². The highest BCUT2D eigenvalue weighted by Crippen LogP contribution is 2.25. The van der Waals surface area contributed by atoms with Gasteiger partial charge in [0, 0.05) is 19.7 Å². The van der Waals surface area contributed by atoms with Gasteiger partial charge < -0.3 is 15.4 Å². The number of nitrogens with zero attached hydrogens (tertiary/aromatic N) is 2. The molecule has 1 saturated heterocycles. The van der Waals surface area contributed by atoms with Crippen molar-refractivity contribution < 1.29 is 17.9 Å². The van der Waals surface area contributed by atoms with E-state index in [1.165, 1.54) is 18.4 Å². The predicted molar refractivity (Wildman–Crippen MR) is 105 cm³/mol. The zero-order chi connectivity index (χ0) is 20.2. The molecule has 1 aromatic carbocycles. The Bertz CT molecular complexity index is 575. The van der Waals surface area contributed by atoms with Gasteiger partial charge in [0.25, 0.3) is 0 Å². The average molecular weight is 400 g/mol. The monoisotopic (exact) mass is 400 g/mol. The first-order valence-electron chi connectivity index (χ1n) is 9.95. The first-order chi connectivity index (χ1) is 13.5. The van der Waals surface area contributed by atoms with Crippen LogP contribution in [0.3, 0.4) is 0 Å². The fourth-order valence-electron chi connectivity index (χ4n) is 3.25. The van der Waals surface area contributed by atoms with Crippen molar-refractivity contribution in [3.63, 3.8) is 0 Å². The molecule has 158 valence electrons. The molecule has 0 amide bonds. The van der Waals surface area contributed by atoms with Crippen molar-refractivity contribution in [3.05, 3.63) is 35.9 Å². The quantitative estimate of drug-likeness (QED) is 0.359. The van der Waals surface area contributed by atoms with Crippen molar-refractivity contribution >= 4 is 5.96 Å². The molecule has 1 aliphatic heterocycles. The summed E-state index contributed by atoms with van der Waals surface area (Å²) in [6.45, 7) is 4.86. The number of guanidine groups is 1. The Kier molecular flexibility index (Phi) is 9.57. The smallest absolute Gasteiger partial charge is 0.372 e. The van der Waals surface area contributed by atoms with Gasteiger partial charge in [0.15, 0.2) is 5.96 Å². The summed E-state index contributed by atoms with van der Waals surface area (Å²) in [4.78, 5) is 7.19. The lowest BCUT2D eigenvalue weighted by Crippen LogP contribution is -2.39. The van der Waals surface area contributed by atoms with Crippen LogP contribution in [0.15, 0.2) is 35.3 Å². The summed E-state index contributed by atoms with van der Waals surface area (Å²) in [6.07, 6.45) is -1.37. The molecule has 0 bridgehead atoms. The normalized spacial score (nSPS) is 16.9. The van der Waals surface area contributed by atoms with Crippen molar-refractivity contribution in [2.75, 3.05) is 45.9 Å². The summed E-state index contributed by atoms with van der Waals surface area (Å²) < 4.78 is 40.8. The third kappa shape index (κ3) is 8.48. The molecule has 1 aliphatic rings. The number of likely N-dealkylation sites (tertiary alicyclic amines) is 1. The van der Waals surface area contributed by atoms with Crippen molar-refractivity contribution in [1.82, 2.24) is 15.5 Å². The van der Waals surface area contributed by atoms with E-state index in [0.717, 1.165) is 19.6 Å². The minimum atomic E-state index is -4.27. The van der Waals surface area contributed by atoms with Crippen molar-refractivity contribution in [2.45, 2.75) is 38.4 Å². The molecule has 8 heteroatoms. The van der Waals surface area contributed by atoms with Gasteiger partial charge in [-0.2, -0.15) is 13.2 Å². The summed E-state index contributed by atoms with van der Waals surface area (Å²) >= 11 is 0. The highest BCUT2D eigenvalue weighted by molar-refractivity contribution is 5.79. The molecule has 1 aromatic rings. The van der Waals surface area contributed by atoms with Crippen molar-refractivity contribution in [1.29, 1.82) is 0 Å². The van der Waals surface area contributed by atoms with Crippen molar-refractivity contribution in [2.24, 2.45) is 4.99 Å². The molecule has 0 aromatic heterocycles. The molecule has 0 radical (unpaired) electrons. The Morgan fingerprint density at radius 2 is 1.89 bits per heavy atom. The van der Waals surface area contributed by atoms with Gasteiger partial charge in [-0.1, -0.05) is 30.3 Å². The van der Waals surface area contributed by atoms with E-state index in [9.17, 15) is 13.2 Å². The van der Waals surface area contributed by atoms with Crippen LogP contribution in [0.25, 0.3) is 0 Å². The van der Waals surface area contributed by atoms with E-state index in [0.29, 0.717) is 25.5 Å². The zero-order valence-corrected chi connectivity index (χ0v) is 16.5. The fraction of sp³-hybridized carbons (Fsp3) is 0.650. The maximum atomic E-state index is 12.1.